The van der Waals surface area contributed by atoms with Crippen molar-refractivity contribution in [2.45, 2.75) is 27.7 Å². The topological polar surface area (TPSA) is 76.3 Å². The van der Waals surface area contributed by atoms with Gasteiger partial charge in [0, 0.05) is 103 Å². The number of halogens is 1. The first-order valence-electron chi connectivity index (χ1n) is 7.99. The van der Waals surface area contributed by atoms with E-state index < -0.39 is 11.8 Å². The molecule has 0 unspecified atom stereocenters. The molecule has 0 aliphatic rings. The first-order chi connectivity index (χ1) is 12.8. The molecule has 31 heavy (non-hydrogen) atoms. The number of imide groups is 1. The fraction of sp³-hybridized carbons (Fsp3) is 0.200. The van der Waals surface area contributed by atoms with E-state index in [2.05, 4.69) is 39.2 Å². The molecule has 3 aromatic rings. The minimum atomic E-state index is -0.637. The van der Waals surface area contributed by atoms with Gasteiger partial charge < -0.3 is 24.3 Å². The van der Waals surface area contributed by atoms with Gasteiger partial charge in [0.05, 0.1) is 0 Å². The molecular weight excluding hydrogens is 645 g/mol. The summed E-state index contributed by atoms with van der Waals surface area (Å²) in [5, 5.41) is 6.89. The van der Waals surface area contributed by atoms with E-state index >= 15 is 0 Å². The van der Waals surface area contributed by atoms with Crippen molar-refractivity contribution >= 4 is 29.2 Å². The van der Waals surface area contributed by atoms with E-state index in [4.69, 9.17) is 11.6 Å². The van der Waals surface area contributed by atoms with E-state index in [1.54, 1.807) is 13.8 Å². The number of rotatable bonds is 3. The number of hydrogen-bond acceptors (Lipinski definition) is 5. The maximum atomic E-state index is 13.2. The zero-order valence-electron chi connectivity index (χ0n) is 17.1. The zero-order chi connectivity index (χ0) is 19.7. The molecule has 0 bridgehead atoms. The number of hydrogen-bond donors (Lipinski definition) is 0. The molecule has 154 valence electrons. The van der Waals surface area contributed by atoms with Gasteiger partial charge in [-0.25, -0.2) is 4.63 Å². The summed E-state index contributed by atoms with van der Waals surface area (Å²) >= 11 is 5.98. The molecule has 0 atom stereocenters. The Morgan fingerprint density at radius 2 is 1.29 bits per heavy atom. The molecule has 1 aromatic heterocycles. The van der Waals surface area contributed by atoms with Crippen molar-refractivity contribution in [3.63, 3.8) is 0 Å². The van der Waals surface area contributed by atoms with Gasteiger partial charge in [-0.2, -0.15) is 11.1 Å². The van der Waals surface area contributed by atoms with E-state index in [9.17, 15) is 9.59 Å². The molecule has 0 aliphatic heterocycles. The van der Waals surface area contributed by atoms with Gasteiger partial charge in [0.1, 0.15) is 0 Å². The Labute approximate surface area is 260 Å². The molecule has 0 saturated heterocycles. The Morgan fingerprint density at radius 1 is 0.871 bits per heavy atom. The SMILES string of the molecule is Cc1[c-]cc(C(=O)N(C(=O)c2c[c-]c(C)[c-]c2C)c2nonc2Cl)c(C)[c-]1.[V].[V].[Y].[Y]. The molecule has 3 rings (SSSR count). The molecule has 2 amide bonds. The Balaban J connectivity index is 0. The minimum absolute atomic E-state index is 0. The molecule has 0 N–H and O–H groups in total. The van der Waals surface area contributed by atoms with E-state index in [1.807, 2.05) is 13.8 Å². The second-order valence-electron chi connectivity index (χ2n) is 5.98. The van der Waals surface area contributed by atoms with Crippen LogP contribution in [0.3, 0.4) is 0 Å². The van der Waals surface area contributed by atoms with Crippen LogP contribution in [0.2, 0.25) is 5.15 Å². The average Bonchev–Trinajstić information content (AvgIpc) is 3.00. The van der Waals surface area contributed by atoms with Crippen molar-refractivity contribution in [1.82, 2.24) is 10.3 Å². The standard InChI is InChI=1S/C20H14ClN3O3.2V.2Y/c1-11-5-7-15(13(3)9-11)19(25)24(18-17(21)22-27-23-18)20(26)16-8-6-12(2)10-14(16)4;;;;/h7-8H,1-4H3;;;;/q-4;;;;. The van der Waals surface area contributed by atoms with E-state index in [0.717, 1.165) is 16.0 Å². The summed E-state index contributed by atoms with van der Waals surface area (Å²) in [5.41, 5.74) is 3.13. The van der Waals surface area contributed by atoms with Gasteiger partial charge in [-0.3, -0.25) is 48.9 Å². The predicted molar refractivity (Wildman–Crippen MR) is 97.6 cm³/mol. The Kier molecular flexibility index (Phi) is 15.8. The molecular formula is C20H14ClN3O3V2Y2-4. The molecule has 11 heteroatoms. The van der Waals surface area contributed by atoms with Crippen LogP contribution in [0.4, 0.5) is 5.82 Å². The van der Waals surface area contributed by atoms with Gasteiger partial charge in [-0.15, -0.1) is 0 Å². The van der Waals surface area contributed by atoms with Crippen LogP contribution in [-0.2, 0) is 103 Å². The molecule has 4 radical (unpaired) electrons. The third-order valence-electron chi connectivity index (χ3n) is 3.94. The number of nitrogens with zero attached hydrogens (tertiary/aromatic N) is 3. The van der Waals surface area contributed by atoms with Gasteiger partial charge in [-0.05, 0) is 10.3 Å². The summed E-state index contributed by atoms with van der Waals surface area (Å²) < 4.78 is 4.59. The number of aromatic nitrogens is 2. The van der Waals surface area contributed by atoms with Crippen molar-refractivity contribution in [1.29, 1.82) is 0 Å². The second kappa shape index (κ2) is 14.6. The Hall–Kier alpha value is 0.387. The monoisotopic (exact) mass is 659 g/mol. The number of anilines is 1. The summed E-state index contributed by atoms with van der Waals surface area (Å²) in [5.74, 6) is -1.46. The molecule has 6 nitrogen and oxygen atoms in total. The van der Waals surface area contributed by atoms with Crippen LogP contribution in [0, 0.1) is 52.0 Å². The Morgan fingerprint density at radius 3 is 1.61 bits per heavy atom. The number of carbonyl (C=O) groups excluding carboxylic acids is 2. The maximum Gasteiger partial charge on any atom is 0.223 e. The minimum Gasteiger partial charge on any atom is -0.355 e. The molecule has 0 aliphatic carbocycles. The van der Waals surface area contributed by atoms with Crippen molar-refractivity contribution in [2.75, 3.05) is 4.90 Å². The van der Waals surface area contributed by atoms with Crippen LogP contribution < -0.4 is 4.90 Å². The second-order valence-corrected chi connectivity index (χ2v) is 6.34. The zero-order valence-corrected chi connectivity index (χ0v) is 26.4. The third-order valence-corrected chi connectivity index (χ3v) is 4.17. The van der Waals surface area contributed by atoms with Crippen LogP contribution in [0.15, 0.2) is 16.8 Å². The van der Waals surface area contributed by atoms with Crippen molar-refractivity contribution < 1.29 is 117 Å². The fourth-order valence-corrected chi connectivity index (χ4v) is 2.77. The molecule has 0 spiro atoms. The number of carbonyl (C=O) groups is 2. The first-order valence-corrected chi connectivity index (χ1v) is 8.36. The van der Waals surface area contributed by atoms with E-state index in [-0.39, 0.29) is 125 Å². The normalized spacial score (nSPS) is 9.32. The largest absolute Gasteiger partial charge is 0.355 e. The molecule has 2 aromatic carbocycles. The maximum absolute atomic E-state index is 13.2. The van der Waals surface area contributed by atoms with Gasteiger partial charge in [-0.1, -0.05) is 39.3 Å². The first kappa shape index (κ1) is 33.6. The summed E-state index contributed by atoms with van der Waals surface area (Å²) in [6.45, 7) is 7.06. The average molecular weight is 660 g/mol. The van der Waals surface area contributed by atoms with E-state index in [0.29, 0.717) is 11.1 Å². The van der Waals surface area contributed by atoms with Crippen molar-refractivity contribution in [3.8, 4) is 0 Å². The summed E-state index contributed by atoms with van der Waals surface area (Å²) in [4.78, 5) is 27.2. The van der Waals surface area contributed by atoms with Crippen molar-refractivity contribution in [2.24, 2.45) is 0 Å². The number of benzene rings is 2. The smallest absolute Gasteiger partial charge is 0.223 e. The van der Waals surface area contributed by atoms with Crippen molar-refractivity contribution in [3.05, 3.63) is 74.9 Å². The third kappa shape index (κ3) is 7.70. The van der Waals surface area contributed by atoms with E-state index in [1.165, 1.54) is 12.1 Å². The summed E-state index contributed by atoms with van der Waals surface area (Å²) in [7, 11) is 0. The summed E-state index contributed by atoms with van der Waals surface area (Å²) in [6, 6.07) is 14.9. The number of aryl methyl sites for hydroxylation is 4. The molecule has 0 fully saturated rings. The molecule has 0 saturated carbocycles. The number of amides is 2. The van der Waals surface area contributed by atoms with Gasteiger partial charge in [0.25, 0.3) is 0 Å². The summed E-state index contributed by atoms with van der Waals surface area (Å²) in [6.07, 6.45) is 0. The van der Waals surface area contributed by atoms with Crippen LogP contribution in [0.25, 0.3) is 0 Å². The Bertz CT molecular complexity index is 1000. The molecule has 1 heterocycles. The quantitative estimate of drug-likeness (QED) is 0.317. The van der Waals surface area contributed by atoms with Gasteiger partial charge in [0.15, 0.2) is 11.8 Å². The van der Waals surface area contributed by atoms with Gasteiger partial charge >= 0.3 is 0 Å². The van der Waals surface area contributed by atoms with Crippen LogP contribution in [0.5, 0.6) is 0 Å². The van der Waals surface area contributed by atoms with Crippen LogP contribution in [0.1, 0.15) is 43.0 Å². The van der Waals surface area contributed by atoms with Crippen LogP contribution in [-0.4, -0.2) is 22.1 Å². The fourth-order valence-electron chi connectivity index (χ4n) is 2.62. The van der Waals surface area contributed by atoms with Gasteiger partial charge in [0.2, 0.25) is 11.0 Å². The van der Waals surface area contributed by atoms with Crippen LogP contribution >= 0.6 is 11.6 Å². The predicted octanol–water partition coefficient (Wildman–Crippen LogP) is 3.63.